The van der Waals surface area contributed by atoms with Crippen LogP contribution in [0.5, 0.6) is 0 Å². The summed E-state index contributed by atoms with van der Waals surface area (Å²) < 4.78 is 0. The van der Waals surface area contributed by atoms with Gasteiger partial charge in [-0.1, -0.05) is 31.1 Å². The Bertz CT molecular complexity index is 1120. The van der Waals surface area contributed by atoms with E-state index in [1.54, 1.807) is 13.8 Å². The van der Waals surface area contributed by atoms with E-state index in [9.17, 15) is 14.7 Å². The molecule has 2 N–H and O–H groups in total. The quantitative estimate of drug-likeness (QED) is 0.518. The van der Waals surface area contributed by atoms with Crippen molar-refractivity contribution in [3.05, 3.63) is 51.7 Å². The summed E-state index contributed by atoms with van der Waals surface area (Å²) in [7, 11) is 0. The number of ketones is 2. The Labute approximate surface area is 178 Å². The molecule has 1 heterocycles. The number of hydrogen-bond acceptors (Lipinski definition) is 3. The van der Waals surface area contributed by atoms with Gasteiger partial charge in [-0.2, -0.15) is 0 Å². The fourth-order valence-corrected chi connectivity index (χ4v) is 5.09. The van der Waals surface area contributed by atoms with E-state index in [1.165, 1.54) is 23.1 Å². The van der Waals surface area contributed by atoms with Crippen molar-refractivity contribution in [2.24, 2.45) is 5.41 Å². The number of Topliss-reactive ketones (excluding diaryl/α,β-unsaturated/α-hetero) is 2. The van der Waals surface area contributed by atoms with E-state index >= 15 is 0 Å². The molecule has 1 atom stereocenters. The zero-order valence-corrected chi connectivity index (χ0v) is 18.6. The fourth-order valence-electron chi connectivity index (χ4n) is 5.09. The molecule has 0 unspecified atom stereocenters. The Balaban J connectivity index is 1.77. The number of aromatic amines is 1. The van der Waals surface area contributed by atoms with E-state index in [-0.39, 0.29) is 0 Å². The normalized spacial score (nSPS) is 20.2. The maximum absolute atomic E-state index is 12.9. The number of rotatable bonds is 4. The number of H-pyrrole nitrogens is 1. The van der Waals surface area contributed by atoms with Crippen molar-refractivity contribution < 1.29 is 14.7 Å². The number of hydrogen-bond donors (Lipinski definition) is 2. The number of aliphatic hydroxyl groups is 1. The van der Waals surface area contributed by atoms with Crippen molar-refractivity contribution in [3.8, 4) is 0 Å². The molecule has 4 heteroatoms. The van der Waals surface area contributed by atoms with Gasteiger partial charge in [0, 0.05) is 22.9 Å². The molecule has 2 aromatic rings. The Hall–Kier alpha value is -2.46. The lowest BCUT2D eigenvalue weighted by Crippen LogP contribution is -2.23. The topological polar surface area (TPSA) is 70.2 Å². The number of allylic oxidation sites excluding steroid dienone is 3. The first kappa shape index (κ1) is 20.8. The van der Waals surface area contributed by atoms with Crippen LogP contribution in [0.25, 0.3) is 16.5 Å². The Morgan fingerprint density at radius 1 is 1.17 bits per heavy atom. The van der Waals surface area contributed by atoms with Gasteiger partial charge in [0.25, 0.3) is 0 Å². The molecule has 0 aliphatic heterocycles. The summed E-state index contributed by atoms with van der Waals surface area (Å²) in [6.45, 7) is 10.3. The van der Waals surface area contributed by atoms with Crippen LogP contribution in [-0.2, 0) is 11.2 Å². The lowest BCUT2D eigenvalue weighted by atomic mass is 9.73. The number of benzene rings is 1. The molecule has 0 fully saturated rings. The van der Waals surface area contributed by atoms with E-state index in [0.717, 1.165) is 35.7 Å². The molecule has 1 aromatic carbocycles. The van der Waals surface area contributed by atoms with Crippen LogP contribution in [0, 0.1) is 5.41 Å². The van der Waals surface area contributed by atoms with Crippen molar-refractivity contribution >= 4 is 28.0 Å². The standard InChI is InChI=1S/C26H31NO3/c1-14-13-26(4,5)9-8-18(14)11-17-6-7-21-20(12-17)22-23(27-21)19(10-15(2)28)16(3)24(29)25(22)30/h6-7,12,15,27-28H,8-11,13H2,1-5H3/t15-/m1/s1. The zero-order valence-electron chi connectivity index (χ0n) is 18.6. The Kier molecular flexibility index (Phi) is 5.09. The van der Waals surface area contributed by atoms with Crippen LogP contribution in [0.15, 0.2) is 34.9 Å². The van der Waals surface area contributed by atoms with E-state index in [0.29, 0.717) is 28.7 Å². The molecule has 0 bridgehead atoms. The number of carbonyl (C=O) groups excluding carboxylic acids is 2. The molecule has 1 aromatic heterocycles. The van der Waals surface area contributed by atoms with Crippen LogP contribution in [0.3, 0.4) is 0 Å². The highest BCUT2D eigenvalue weighted by atomic mass is 16.3. The number of carbonyl (C=O) groups is 2. The summed E-state index contributed by atoms with van der Waals surface area (Å²) in [6.07, 6.45) is 4.08. The van der Waals surface area contributed by atoms with Gasteiger partial charge in [0.15, 0.2) is 0 Å². The highest BCUT2D eigenvalue weighted by Crippen LogP contribution is 2.40. The third-order valence-corrected chi connectivity index (χ3v) is 6.76. The Morgan fingerprint density at radius 3 is 2.57 bits per heavy atom. The lowest BCUT2D eigenvalue weighted by molar-refractivity contribution is -0.111. The van der Waals surface area contributed by atoms with Gasteiger partial charge < -0.3 is 10.1 Å². The summed E-state index contributed by atoms with van der Waals surface area (Å²) in [5.41, 5.74) is 7.71. The molecular formula is C26H31NO3. The van der Waals surface area contributed by atoms with Crippen LogP contribution < -0.4 is 0 Å². The molecule has 158 valence electrons. The summed E-state index contributed by atoms with van der Waals surface area (Å²) in [4.78, 5) is 28.8. The fraction of sp³-hybridized carbons (Fsp3) is 0.462. The number of aliphatic hydroxyl groups excluding tert-OH is 1. The van der Waals surface area contributed by atoms with Crippen molar-refractivity contribution in [2.45, 2.75) is 72.8 Å². The smallest absolute Gasteiger partial charge is 0.235 e. The van der Waals surface area contributed by atoms with E-state index < -0.39 is 17.7 Å². The van der Waals surface area contributed by atoms with E-state index in [2.05, 4.69) is 37.9 Å². The van der Waals surface area contributed by atoms with E-state index in [4.69, 9.17) is 0 Å². The van der Waals surface area contributed by atoms with Gasteiger partial charge >= 0.3 is 0 Å². The molecule has 4 rings (SSSR count). The highest BCUT2D eigenvalue weighted by Gasteiger charge is 2.34. The molecule has 0 saturated heterocycles. The molecule has 0 spiro atoms. The van der Waals surface area contributed by atoms with Crippen molar-refractivity contribution in [3.63, 3.8) is 0 Å². The number of aromatic nitrogens is 1. The minimum Gasteiger partial charge on any atom is -0.393 e. The largest absolute Gasteiger partial charge is 0.393 e. The summed E-state index contributed by atoms with van der Waals surface area (Å²) in [5, 5.41) is 10.7. The summed E-state index contributed by atoms with van der Waals surface area (Å²) in [5.74, 6) is -0.910. The van der Waals surface area contributed by atoms with Crippen LogP contribution in [0.1, 0.15) is 81.9 Å². The SMILES string of the molecule is CC1=C(Cc2ccc3[nH]c4c(c3c2)C(=O)C(=O)C(C)=C4C[C@@H](C)O)CCC(C)(C)C1. The second kappa shape index (κ2) is 7.35. The Morgan fingerprint density at radius 2 is 1.90 bits per heavy atom. The van der Waals surface area contributed by atoms with Gasteiger partial charge in [-0.3, -0.25) is 9.59 Å². The van der Waals surface area contributed by atoms with Crippen molar-refractivity contribution in [2.75, 3.05) is 0 Å². The molecule has 2 aliphatic rings. The predicted octanol–water partition coefficient (Wildman–Crippen LogP) is 5.55. The summed E-state index contributed by atoms with van der Waals surface area (Å²) in [6, 6.07) is 6.19. The third-order valence-electron chi connectivity index (χ3n) is 6.76. The second-order valence-electron chi connectivity index (χ2n) is 9.97. The average molecular weight is 406 g/mol. The summed E-state index contributed by atoms with van der Waals surface area (Å²) >= 11 is 0. The van der Waals surface area contributed by atoms with Gasteiger partial charge in [-0.05, 0) is 75.1 Å². The molecule has 0 radical (unpaired) electrons. The molecule has 0 saturated carbocycles. The lowest BCUT2D eigenvalue weighted by Gasteiger charge is -2.32. The van der Waals surface area contributed by atoms with E-state index in [1.807, 2.05) is 6.07 Å². The third kappa shape index (κ3) is 3.58. The first-order chi connectivity index (χ1) is 14.1. The molecule has 2 aliphatic carbocycles. The van der Waals surface area contributed by atoms with Gasteiger partial charge in [0.05, 0.1) is 17.4 Å². The van der Waals surface area contributed by atoms with Gasteiger partial charge in [-0.15, -0.1) is 0 Å². The minimum absolute atomic E-state index is 0.347. The van der Waals surface area contributed by atoms with Crippen molar-refractivity contribution in [1.29, 1.82) is 0 Å². The second-order valence-corrected chi connectivity index (χ2v) is 9.97. The maximum Gasteiger partial charge on any atom is 0.235 e. The van der Waals surface area contributed by atoms with Crippen LogP contribution in [0.4, 0.5) is 0 Å². The van der Waals surface area contributed by atoms with Crippen LogP contribution in [0.2, 0.25) is 0 Å². The molecule has 30 heavy (non-hydrogen) atoms. The first-order valence-corrected chi connectivity index (χ1v) is 10.9. The van der Waals surface area contributed by atoms with Gasteiger partial charge in [-0.25, -0.2) is 0 Å². The average Bonchev–Trinajstić information content (AvgIpc) is 3.04. The predicted molar refractivity (Wildman–Crippen MR) is 121 cm³/mol. The van der Waals surface area contributed by atoms with Gasteiger partial charge in [0.1, 0.15) is 0 Å². The maximum atomic E-state index is 12.9. The monoisotopic (exact) mass is 405 g/mol. The zero-order chi connectivity index (χ0) is 21.8. The molecule has 4 nitrogen and oxygen atoms in total. The minimum atomic E-state index is -0.587. The molecule has 0 amide bonds. The van der Waals surface area contributed by atoms with Gasteiger partial charge in [0.2, 0.25) is 11.6 Å². The van der Waals surface area contributed by atoms with Crippen molar-refractivity contribution in [1.82, 2.24) is 4.98 Å². The van der Waals surface area contributed by atoms with Crippen LogP contribution >= 0.6 is 0 Å². The highest BCUT2D eigenvalue weighted by molar-refractivity contribution is 6.54. The first-order valence-electron chi connectivity index (χ1n) is 10.9. The number of fused-ring (bicyclic) bond motifs is 3. The van der Waals surface area contributed by atoms with Crippen LogP contribution in [-0.4, -0.2) is 27.8 Å². The number of nitrogens with one attached hydrogen (secondary N) is 1. The molecular weight excluding hydrogens is 374 g/mol.